The van der Waals surface area contributed by atoms with Crippen LogP contribution in [0.5, 0.6) is 0 Å². The zero-order valence-corrected chi connectivity index (χ0v) is 19.9. The molecular formula is C28H28N8. The smallest absolute Gasteiger partial charge is 0.165 e. The third-order valence-corrected chi connectivity index (χ3v) is 6.63. The average molecular weight is 477 g/mol. The summed E-state index contributed by atoms with van der Waals surface area (Å²) in [5.74, 6) is 1.15. The molecule has 1 saturated heterocycles. The molecular weight excluding hydrogens is 448 g/mol. The molecule has 0 unspecified atom stereocenters. The third kappa shape index (κ3) is 4.22. The summed E-state index contributed by atoms with van der Waals surface area (Å²) in [7, 11) is 0. The summed E-state index contributed by atoms with van der Waals surface area (Å²) in [6, 6.07) is 26.5. The van der Waals surface area contributed by atoms with Gasteiger partial charge in [-0.25, -0.2) is 15.0 Å². The molecule has 5 aromatic rings. The van der Waals surface area contributed by atoms with Crippen LogP contribution in [0.1, 0.15) is 5.56 Å². The molecule has 1 aliphatic rings. The van der Waals surface area contributed by atoms with Gasteiger partial charge in [-0.15, -0.1) is 0 Å². The number of pyridine rings is 2. The fourth-order valence-corrected chi connectivity index (χ4v) is 4.71. The van der Waals surface area contributed by atoms with Gasteiger partial charge < -0.3 is 16.8 Å². The van der Waals surface area contributed by atoms with Gasteiger partial charge in [-0.2, -0.15) is 0 Å². The zero-order valence-electron chi connectivity index (χ0n) is 19.9. The van der Waals surface area contributed by atoms with Crippen molar-refractivity contribution < 1.29 is 0 Å². The number of nitrogens with zero attached hydrogens (tertiary/aromatic N) is 5. The van der Waals surface area contributed by atoms with Crippen LogP contribution in [0.15, 0.2) is 85.1 Å². The van der Waals surface area contributed by atoms with Crippen LogP contribution in [0.25, 0.3) is 39.5 Å². The van der Waals surface area contributed by atoms with Gasteiger partial charge in [0.25, 0.3) is 0 Å². The van der Waals surface area contributed by atoms with Gasteiger partial charge in [0.1, 0.15) is 11.3 Å². The van der Waals surface area contributed by atoms with Crippen LogP contribution in [0.4, 0.5) is 5.82 Å². The van der Waals surface area contributed by atoms with Gasteiger partial charge >= 0.3 is 0 Å². The van der Waals surface area contributed by atoms with Gasteiger partial charge in [0.05, 0.1) is 17.4 Å². The molecule has 1 fully saturated rings. The molecule has 0 saturated carbocycles. The van der Waals surface area contributed by atoms with Crippen LogP contribution < -0.4 is 16.8 Å². The SMILES string of the molecule is Nc1ncccc1-c1nc2ccc(-c3ccccc3)nc2n1-c1ccc(CN2CCNC[C@@H]2N)cc1. The second-order valence-corrected chi connectivity index (χ2v) is 9.02. The lowest BCUT2D eigenvalue weighted by atomic mass is 10.1. The largest absolute Gasteiger partial charge is 0.383 e. The standard InChI is InChI=1S/C28H28N8/c29-25-17-31-15-16-35(25)18-19-8-10-21(11-9-19)36-27(22-7-4-14-32-26(22)30)34-24-13-12-23(33-28(24)36)20-5-2-1-3-6-20/h1-14,25,31H,15-18,29H2,(H2,30,32)/t25-/m1/s1. The van der Waals surface area contributed by atoms with E-state index in [1.54, 1.807) is 6.20 Å². The molecule has 0 amide bonds. The molecule has 0 radical (unpaired) electrons. The lowest BCUT2D eigenvalue weighted by molar-refractivity contribution is 0.157. The Morgan fingerprint density at radius 3 is 2.53 bits per heavy atom. The van der Waals surface area contributed by atoms with Crippen LogP contribution in [-0.4, -0.2) is 50.2 Å². The monoisotopic (exact) mass is 476 g/mol. The normalized spacial score (nSPS) is 16.4. The van der Waals surface area contributed by atoms with Crippen LogP contribution in [-0.2, 0) is 6.54 Å². The molecule has 2 aromatic carbocycles. The van der Waals surface area contributed by atoms with Gasteiger partial charge in [0.15, 0.2) is 11.5 Å². The molecule has 5 N–H and O–H groups in total. The van der Waals surface area contributed by atoms with Gasteiger partial charge in [-0.3, -0.25) is 9.47 Å². The van der Waals surface area contributed by atoms with Crippen molar-refractivity contribution in [2.24, 2.45) is 5.73 Å². The molecule has 1 atom stereocenters. The van der Waals surface area contributed by atoms with E-state index in [0.717, 1.165) is 59.9 Å². The number of hydrogen-bond donors (Lipinski definition) is 3. The predicted molar refractivity (Wildman–Crippen MR) is 143 cm³/mol. The first-order valence-electron chi connectivity index (χ1n) is 12.1. The van der Waals surface area contributed by atoms with Crippen LogP contribution >= 0.6 is 0 Å². The fourth-order valence-electron chi connectivity index (χ4n) is 4.71. The van der Waals surface area contributed by atoms with E-state index in [0.29, 0.717) is 11.6 Å². The van der Waals surface area contributed by atoms with E-state index in [-0.39, 0.29) is 6.17 Å². The lowest BCUT2D eigenvalue weighted by Crippen LogP contribution is -2.55. The first-order valence-corrected chi connectivity index (χ1v) is 12.1. The first kappa shape index (κ1) is 22.4. The highest BCUT2D eigenvalue weighted by atomic mass is 15.3. The number of piperazine rings is 1. The van der Waals surface area contributed by atoms with E-state index in [1.165, 1.54) is 5.56 Å². The molecule has 3 aromatic heterocycles. The number of fused-ring (bicyclic) bond motifs is 1. The summed E-state index contributed by atoms with van der Waals surface area (Å²) in [5.41, 5.74) is 19.0. The van der Waals surface area contributed by atoms with Crippen molar-refractivity contribution in [2.45, 2.75) is 12.7 Å². The number of aromatic nitrogens is 4. The van der Waals surface area contributed by atoms with E-state index in [2.05, 4.69) is 56.2 Å². The molecule has 36 heavy (non-hydrogen) atoms. The summed E-state index contributed by atoms with van der Waals surface area (Å²) < 4.78 is 2.06. The first-order chi connectivity index (χ1) is 17.7. The quantitative estimate of drug-likeness (QED) is 0.356. The Kier molecular flexibility index (Phi) is 5.90. The maximum absolute atomic E-state index is 6.28. The number of nitrogen functional groups attached to an aromatic ring is 1. The maximum atomic E-state index is 6.28. The van der Waals surface area contributed by atoms with E-state index in [1.807, 2.05) is 42.5 Å². The summed E-state index contributed by atoms with van der Waals surface area (Å²) in [4.78, 5) is 16.6. The summed E-state index contributed by atoms with van der Waals surface area (Å²) in [5, 5.41) is 3.34. The maximum Gasteiger partial charge on any atom is 0.165 e. The summed E-state index contributed by atoms with van der Waals surface area (Å²) in [6.45, 7) is 3.51. The number of nitrogens with two attached hydrogens (primary N) is 2. The van der Waals surface area contributed by atoms with Crippen molar-refractivity contribution in [3.05, 3.63) is 90.6 Å². The second-order valence-electron chi connectivity index (χ2n) is 9.02. The molecule has 180 valence electrons. The number of anilines is 1. The topological polar surface area (TPSA) is 111 Å². The van der Waals surface area contributed by atoms with Crippen molar-refractivity contribution >= 4 is 17.0 Å². The van der Waals surface area contributed by atoms with E-state index in [4.69, 9.17) is 21.4 Å². The number of hydrogen-bond acceptors (Lipinski definition) is 7. The van der Waals surface area contributed by atoms with Crippen molar-refractivity contribution in [2.75, 3.05) is 25.4 Å². The Labute approximate surface area is 209 Å². The number of imidazole rings is 1. The highest BCUT2D eigenvalue weighted by Crippen LogP contribution is 2.31. The molecule has 1 aliphatic heterocycles. The van der Waals surface area contributed by atoms with Crippen molar-refractivity contribution in [3.8, 4) is 28.3 Å². The van der Waals surface area contributed by atoms with Gasteiger partial charge in [0.2, 0.25) is 0 Å². The minimum atomic E-state index is 0.0248. The van der Waals surface area contributed by atoms with Gasteiger partial charge in [-0.05, 0) is 42.0 Å². The van der Waals surface area contributed by atoms with Crippen LogP contribution in [0.2, 0.25) is 0 Å². The molecule has 0 bridgehead atoms. The molecule has 0 spiro atoms. The van der Waals surface area contributed by atoms with E-state index in [9.17, 15) is 0 Å². The van der Waals surface area contributed by atoms with Crippen molar-refractivity contribution in [1.82, 2.24) is 29.7 Å². The fraction of sp³-hybridized carbons (Fsp3) is 0.179. The lowest BCUT2D eigenvalue weighted by Gasteiger charge is -2.33. The molecule has 0 aliphatic carbocycles. The van der Waals surface area contributed by atoms with E-state index < -0.39 is 0 Å². The second kappa shape index (κ2) is 9.50. The summed E-state index contributed by atoms with van der Waals surface area (Å²) in [6.07, 6.45) is 1.71. The minimum Gasteiger partial charge on any atom is -0.383 e. The summed E-state index contributed by atoms with van der Waals surface area (Å²) >= 11 is 0. The number of rotatable bonds is 5. The zero-order chi connectivity index (χ0) is 24.5. The predicted octanol–water partition coefficient (Wildman–Crippen LogP) is 3.42. The number of benzene rings is 2. The molecule has 6 rings (SSSR count). The third-order valence-electron chi connectivity index (χ3n) is 6.63. The Hall–Kier alpha value is -4.11. The highest BCUT2D eigenvalue weighted by Gasteiger charge is 2.20. The van der Waals surface area contributed by atoms with Gasteiger partial charge in [-0.1, -0.05) is 42.5 Å². The number of nitrogens with one attached hydrogen (secondary N) is 1. The Morgan fingerprint density at radius 2 is 1.75 bits per heavy atom. The molecule has 8 heteroatoms. The van der Waals surface area contributed by atoms with Crippen LogP contribution in [0.3, 0.4) is 0 Å². The average Bonchev–Trinajstić information content (AvgIpc) is 3.30. The minimum absolute atomic E-state index is 0.0248. The molecule has 4 heterocycles. The Bertz CT molecular complexity index is 1490. The van der Waals surface area contributed by atoms with E-state index >= 15 is 0 Å². The van der Waals surface area contributed by atoms with Gasteiger partial charge in [0, 0.05) is 43.6 Å². The Morgan fingerprint density at radius 1 is 0.917 bits per heavy atom. The molecule has 8 nitrogen and oxygen atoms in total. The van der Waals surface area contributed by atoms with Crippen LogP contribution in [0, 0.1) is 0 Å². The van der Waals surface area contributed by atoms with Crippen molar-refractivity contribution in [3.63, 3.8) is 0 Å². The van der Waals surface area contributed by atoms with Crippen molar-refractivity contribution in [1.29, 1.82) is 0 Å². The Balaban J connectivity index is 1.46. The highest BCUT2D eigenvalue weighted by molar-refractivity contribution is 5.84.